The van der Waals surface area contributed by atoms with Crippen molar-refractivity contribution in [1.82, 2.24) is 24.4 Å². The van der Waals surface area contributed by atoms with E-state index in [9.17, 15) is 4.79 Å². The molecule has 8 heteroatoms. The van der Waals surface area contributed by atoms with Gasteiger partial charge in [0.25, 0.3) is 5.91 Å². The molecule has 0 aromatic carbocycles. The van der Waals surface area contributed by atoms with Crippen LogP contribution in [-0.2, 0) is 0 Å². The van der Waals surface area contributed by atoms with Crippen molar-refractivity contribution >= 4 is 17.4 Å². The van der Waals surface area contributed by atoms with Crippen LogP contribution in [0.5, 0.6) is 0 Å². The number of carbonyl (C=O) groups excluding carboxylic acids is 1. The van der Waals surface area contributed by atoms with E-state index in [0.717, 1.165) is 36.3 Å². The van der Waals surface area contributed by atoms with Gasteiger partial charge in [-0.3, -0.25) is 4.79 Å². The van der Waals surface area contributed by atoms with Gasteiger partial charge in [0.1, 0.15) is 6.33 Å². The molecule has 0 spiro atoms. The minimum absolute atomic E-state index is 0.0320. The molecule has 4 heterocycles. The lowest BCUT2D eigenvalue weighted by Crippen LogP contribution is -2.39. The van der Waals surface area contributed by atoms with Gasteiger partial charge in [-0.15, -0.1) is 0 Å². The first-order valence-electron chi connectivity index (χ1n) is 8.14. The molecule has 7 nitrogen and oxygen atoms in total. The normalized spacial score (nSPS) is 17.6. The van der Waals surface area contributed by atoms with Crippen molar-refractivity contribution in [3.05, 3.63) is 47.1 Å². The molecule has 0 N–H and O–H groups in total. The van der Waals surface area contributed by atoms with E-state index in [1.807, 2.05) is 17.9 Å². The van der Waals surface area contributed by atoms with E-state index >= 15 is 0 Å². The zero-order valence-corrected chi connectivity index (χ0v) is 14.6. The molecule has 1 fully saturated rings. The molecule has 0 unspecified atom stereocenters. The van der Waals surface area contributed by atoms with E-state index in [0.29, 0.717) is 17.9 Å². The van der Waals surface area contributed by atoms with Crippen LogP contribution in [0.25, 0.3) is 11.3 Å². The van der Waals surface area contributed by atoms with Gasteiger partial charge in [0.15, 0.2) is 5.76 Å². The molecule has 0 aliphatic carbocycles. The highest BCUT2D eigenvalue weighted by molar-refractivity contribution is 7.03. The molecule has 1 saturated heterocycles. The summed E-state index contributed by atoms with van der Waals surface area (Å²) in [5, 5.41) is 5.75. The molecule has 1 atom stereocenters. The number of likely N-dealkylation sites (tertiary alicyclic amines) is 1. The Morgan fingerprint density at radius 3 is 3.08 bits per heavy atom. The first-order chi connectivity index (χ1) is 12.2. The fourth-order valence-electron chi connectivity index (χ4n) is 3.22. The predicted molar refractivity (Wildman–Crippen MR) is 92.3 cm³/mol. The summed E-state index contributed by atoms with van der Waals surface area (Å²) < 4.78 is 9.42. The summed E-state index contributed by atoms with van der Waals surface area (Å²) in [5.74, 6) is 0.843. The molecular weight excluding hydrogens is 338 g/mol. The summed E-state index contributed by atoms with van der Waals surface area (Å²) in [6.45, 7) is 3.27. The second-order valence-corrected chi connectivity index (χ2v) is 6.81. The molecule has 128 valence electrons. The van der Waals surface area contributed by atoms with Crippen molar-refractivity contribution < 1.29 is 9.32 Å². The molecule has 1 aliphatic heterocycles. The number of aryl methyl sites for hydroxylation is 1. The van der Waals surface area contributed by atoms with Crippen molar-refractivity contribution in [2.45, 2.75) is 25.7 Å². The van der Waals surface area contributed by atoms with Crippen LogP contribution < -0.4 is 0 Å². The highest BCUT2D eigenvalue weighted by atomic mass is 32.1. The van der Waals surface area contributed by atoms with Crippen LogP contribution >= 0.6 is 11.5 Å². The second-order valence-electron chi connectivity index (χ2n) is 6.16. The Hall–Kier alpha value is -2.61. The third-order valence-electron chi connectivity index (χ3n) is 4.41. The minimum atomic E-state index is 0.0320. The average Bonchev–Trinajstić information content (AvgIpc) is 3.33. The molecule has 3 aromatic rings. The first-order valence-corrected chi connectivity index (χ1v) is 8.98. The molecule has 4 rings (SSSR count). The molecule has 0 radical (unpaired) electrons. The maximum absolute atomic E-state index is 12.6. The Kier molecular flexibility index (Phi) is 4.27. The number of hydrogen-bond acceptors (Lipinski definition) is 7. The summed E-state index contributed by atoms with van der Waals surface area (Å²) >= 11 is 1.29. The molecule has 1 amide bonds. The lowest BCUT2D eigenvalue weighted by molar-refractivity contribution is 0.0706. The number of nitrogens with zero attached hydrogens (tertiary/aromatic N) is 5. The Bertz CT molecular complexity index is 877. The Balaban J connectivity index is 1.61. The summed E-state index contributed by atoms with van der Waals surface area (Å²) in [6.07, 6.45) is 6.84. The molecule has 3 aromatic heterocycles. The Morgan fingerprint density at radius 2 is 2.32 bits per heavy atom. The molecule has 1 aliphatic rings. The monoisotopic (exact) mass is 355 g/mol. The zero-order valence-electron chi connectivity index (χ0n) is 13.8. The number of amides is 1. The van der Waals surface area contributed by atoms with Gasteiger partial charge in [-0.05, 0) is 31.3 Å². The van der Waals surface area contributed by atoms with Crippen LogP contribution in [0.4, 0.5) is 0 Å². The van der Waals surface area contributed by atoms with Crippen LogP contribution in [0.2, 0.25) is 0 Å². The topological polar surface area (TPSA) is 85.0 Å². The highest BCUT2D eigenvalue weighted by Gasteiger charge is 2.29. The van der Waals surface area contributed by atoms with Crippen molar-refractivity contribution in [2.75, 3.05) is 13.1 Å². The molecular formula is C17H17N5O2S. The van der Waals surface area contributed by atoms with Crippen LogP contribution in [0.1, 0.15) is 40.5 Å². The van der Waals surface area contributed by atoms with Crippen LogP contribution in [0.15, 0.2) is 34.7 Å². The van der Waals surface area contributed by atoms with Gasteiger partial charge in [-0.1, -0.05) is 5.16 Å². The smallest absolute Gasteiger partial charge is 0.256 e. The number of hydrogen-bond donors (Lipinski definition) is 0. The Labute approximate surface area is 148 Å². The quantitative estimate of drug-likeness (QED) is 0.718. The lowest BCUT2D eigenvalue weighted by atomic mass is 9.91. The number of aromatic nitrogens is 4. The zero-order chi connectivity index (χ0) is 17.2. The van der Waals surface area contributed by atoms with Crippen molar-refractivity contribution in [1.29, 1.82) is 0 Å². The van der Waals surface area contributed by atoms with E-state index in [4.69, 9.17) is 4.52 Å². The van der Waals surface area contributed by atoms with Gasteiger partial charge >= 0.3 is 0 Å². The van der Waals surface area contributed by atoms with Gasteiger partial charge in [-0.2, -0.15) is 0 Å². The van der Waals surface area contributed by atoms with Crippen LogP contribution in [-0.4, -0.2) is 43.4 Å². The fraction of sp³-hybridized carbons (Fsp3) is 0.353. The van der Waals surface area contributed by atoms with Gasteiger partial charge in [0.05, 0.1) is 28.7 Å². The lowest BCUT2D eigenvalue weighted by Gasteiger charge is -2.32. The van der Waals surface area contributed by atoms with Gasteiger partial charge in [-0.25, -0.2) is 14.3 Å². The van der Waals surface area contributed by atoms with E-state index in [2.05, 4.69) is 19.5 Å². The van der Waals surface area contributed by atoms with E-state index in [-0.39, 0.29) is 11.8 Å². The Morgan fingerprint density at radius 1 is 1.40 bits per heavy atom. The molecule has 0 bridgehead atoms. The largest absolute Gasteiger partial charge is 0.356 e. The van der Waals surface area contributed by atoms with Crippen LogP contribution in [0, 0.1) is 6.92 Å². The second kappa shape index (κ2) is 6.72. The number of piperidine rings is 1. The first kappa shape index (κ1) is 15.9. The van der Waals surface area contributed by atoms with Crippen molar-refractivity contribution in [3.63, 3.8) is 0 Å². The minimum Gasteiger partial charge on any atom is -0.356 e. The van der Waals surface area contributed by atoms with Crippen molar-refractivity contribution in [2.24, 2.45) is 0 Å². The van der Waals surface area contributed by atoms with E-state index in [1.165, 1.54) is 11.5 Å². The summed E-state index contributed by atoms with van der Waals surface area (Å²) in [5.41, 5.74) is 3.22. The third-order valence-corrected chi connectivity index (χ3v) is 5.00. The predicted octanol–water partition coefficient (Wildman–Crippen LogP) is 2.92. The molecule has 0 saturated carbocycles. The maximum Gasteiger partial charge on any atom is 0.256 e. The van der Waals surface area contributed by atoms with Gasteiger partial charge in [0, 0.05) is 36.7 Å². The van der Waals surface area contributed by atoms with Crippen LogP contribution in [0.3, 0.4) is 0 Å². The van der Waals surface area contributed by atoms with Gasteiger partial charge < -0.3 is 9.42 Å². The third kappa shape index (κ3) is 3.17. The highest BCUT2D eigenvalue weighted by Crippen LogP contribution is 2.33. The average molecular weight is 355 g/mol. The number of carbonyl (C=O) groups is 1. The SMILES string of the molecule is Cc1cc(-c2cncnc2[C@H]2CCCN(C(=O)c3cnsc3)C2)on1. The summed E-state index contributed by atoms with van der Waals surface area (Å²) in [4.78, 5) is 23.1. The van der Waals surface area contributed by atoms with Gasteiger partial charge in [0.2, 0.25) is 0 Å². The van der Waals surface area contributed by atoms with E-state index < -0.39 is 0 Å². The maximum atomic E-state index is 12.6. The fourth-order valence-corrected chi connectivity index (χ4v) is 3.73. The standard InChI is InChI=1S/C17H17N5O2S/c1-11-5-15(24-21-11)14-7-18-10-19-16(14)12-3-2-4-22(8-12)17(23)13-6-20-25-9-13/h5-7,9-10,12H,2-4,8H2,1H3/t12-/m0/s1. The van der Waals surface area contributed by atoms with Crippen molar-refractivity contribution in [3.8, 4) is 11.3 Å². The molecule has 25 heavy (non-hydrogen) atoms. The van der Waals surface area contributed by atoms with E-state index in [1.54, 1.807) is 24.1 Å². The summed E-state index contributed by atoms with van der Waals surface area (Å²) in [6, 6.07) is 1.88. The number of rotatable bonds is 3. The summed E-state index contributed by atoms with van der Waals surface area (Å²) in [7, 11) is 0.